The van der Waals surface area contributed by atoms with Crippen LogP contribution in [0.15, 0.2) is 17.0 Å². The van der Waals surface area contributed by atoms with Crippen LogP contribution < -0.4 is 5.32 Å². The Hall–Kier alpha value is -0.640. The Labute approximate surface area is 92.5 Å². The number of hydrogen-bond donors (Lipinski definition) is 1. The van der Waals surface area contributed by atoms with E-state index in [2.05, 4.69) is 31.2 Å². The van der Waals surface area contributed by atoms with Crippen LogP contribution >= 0.6 is 15.9 Å². The molecule has 0 saturated heterocycles. The van der Waals surface area contributed by atoms with E-state index in [1.54, 1.807) is 12.5 Å². The first-order valence-electron chi connectivity index (χ1n) is 5.05. The molecule has 0 spiro atoms. The highest BCUT2D eigenvalue weighted by atomic mass is 79.9. The maximum absolute atomic E-state index is 4.17. The summed E-state index contributed by atoms with van der Waals surface area (Å²) in [6.07, 6.45) is 8.83. The van der Waals surface area contributed by atoms with Gasteiger partial charge < -0.3 is 5.32 Å². The molecule has 0 bridgehead atoms. The first-order chi connectivity index (χ1) is 6.86. The van der Waals surface area contributed by atoms with Crippen molar-refractivity contribution in [3.8, 4) is 0 Å². The molecule has 14 heavy (non-hydrogen) atoms. The van der Waals surface area contributed by atoms with Crippen molar-refractivity contribution < 1.29 is 0 Å². The monoisotopic (exact) mass is 255 g/mol. The quantitative estimate of drug-likeness (QED) is 0.903. The summed E-state index contributed by atoms with van der Waals surface area (Å²) < 4.78 is 0.943. The largest absolute Gasteiger partial charge is 0.369 e. The summed E-state index contributed by atoms with van der Waals surface area (Å²) >= 11 is 3.42. The summed E-state index contributed by atoms with van der Waals surface area (Å²) in [6, 6.07) is 0. The second kappa shape index (κ2) is 4.73. The smallest absolute Gasteiger partial charge is 0.143 e. The molecule has 0 aromatic carbocycles. The molecule has 76 valence electrons. The molecule has 0 amide bonds. The zero-order valence-corrected chi connectivity index (χ0v) is 9.63. The van der Waals surface area contributed by atoms with E-state index in [0.29, 0.717) is 0 Å². The molecule has 3 nitrogen and oxygen atoms in total. The first-order valence-corrected chi connectivity index (χ1v) is 5.85. The van der Waals surface area contributed by atoms with E-state index in [1.165, 1.54) is 25.7 Å². The summed E-state index contributed by atoms with van der Waals surface area (Å²) in [7, 11) is 0. The number of aromatic nitrogens is 2. The summed E-state index contributed by atoms with van der Waals surface area (Å²) in [4.78, 5) is 8.10. The van der Waals surface area contributed by atoms with Crippen LogP contribution in [0.2, 0.25) is 0 Å². The van der Waals surface area contributed by atoms with Crippen molar-refractivity contribution in [2.24, 2.45) is 5.92 Å². The molecule has 1 N–H and O–H groups in total. The fraction of sp³-hybridized carbons (Fsp3) is 0.600. The summed E-state index contributed by atoms with van der Waals surface area (Å²) in [6.45, 7) is 1.04. The van der Waals surface area contributed by atoms with Crippen molar-refractivity contribution in [2.45, 2.75) is 25.7 Å². The minimum Gasteiger partial charge on any atom is -0.369 e. The Kier molecular flexibility index (Phi) is 3.35. The molecule has 0 radical (unpaired) electrons. The lowest BCUT2D eigenvalue weighted by Gasteiger charge is -2.11. The average molecular weight is 256 g/mol. The van der Waals surface area contributed by atoms with E-state index in [4.69, 9.17) is 0 Å². The summed E-state index contributed by atoms with van der Waals surface area (Å²) in [5, 5.41) is 3.36. The van der Waals surface area contributed by atoms with Gasteiger partial charge in [-0.15, -0.1) is 0 Å². The van der Waals surface area contributed by atoms with Gasteiger partial charge in [0, 0.05) is 12.7 Å². The predicted octanol–water partition coefficient (Wildman–Crippen LogP) is 2.84. The molecule has 0 aliphatic heterocycles. The Morgan fingerprint density at radius 1 is 1.43 bits per heavy atom. The second-order valence-corrected chi connectivity index (χ2v) is 4.61. The fourth-order valence-electron chi connectivity index (χ4n) is 1.90. The molecule has 0 atom stereocenters. The molecule has 1 aromatic rings. The lowest BCUT2D eigenvalue weighted by atomic mass is 10.1. The van der Waals surface area contributed by atoms with Gasteiger partial charge in [-0.25, -0.2) is 9.97 Å². The molecule has 0 unspecified atom stereocenters. The van der Waals surface area contributed by atoms with Crippen molar-refractivity contribution in [3.05, 3.63) is 17.0 Å². The van der Waals surface area contributed by atoms with Gasteiger partial charge in [0.2, 0.25) is 0 Å². The lowest BCUT2D eigenvalue weighted by molar-refractivity contribution is 0.578. The second-order valence-electron chi connectivity index (χ2n) is 3.75. The Morgan fingerprint density at radius 2 is 2.21 bits per heavy atom. The van der Waals surface area contributed by atoms with Crippen molar-refractivity contribution in [1.82, 2.24) is 9.97 Å². The normalized spacial score (nSPS) is 17.2. The van der Waals surface area contributed by atoms with Crippen LogP contribution in [-0.4, -0.2) is 16.5 Å². The van der Waals surface area contributed by atoms with E-state index in [-0.39, 0.29) is 0 Å². The number of hydrogen-bond acceptors (Lipinski definition) is 3. The van der Waals surface area contributed by atoms with Crippen LogP contribution in [0.4, 0.5) is 5.82 Å². The van der Waals surface area contributed by atoms with Crippen molar-refractivity contribution in [1.29, 1.82) is 0 Å². The molecule has 2 rings (SSSR count). The highest BCUT2D eigenvalue weighted by Crippen LogP contribution is 2.25. The third kappa shape index (κ3) is 2.44. The predicted molar refractivity (Wildman–Crippen MR) is 60.2 cm³/mol. The molecule has 1 aliphatic carbocycles. The number of halogens is 1. The van der Waals surface area contributed by atoms with Gasteiger partial charge in [0.1, 0.15) is 12.1 Å². The van der Waals surface area contributed by atoms with Crippen LogP contribution in [0, 0.1) is 5.92 Å². The van der Waals surface area contributed by atoms with Crippen LogP contribution in [0.5, 0.6) is 0 Å². The minimum absolute atomic E-state index is 0.830. The van der Waals surface area contributed by atoms with Crippen LogP contribution in [-0.2, 0) is 0 Å². The zero-order chi connectivity index (χ0) is 9.80. The maximum atomic E-state index is 4.17. The molecule has 1 fully saturated rings. The molecule has 1 aliphatic rings. The van der Waals surface area contributed by atoms with E-state index >= 15 is 0 Å². The van der Waals surface area contributed by atoms with Gasteiger partial charge in [-0.2, -0.15) is 0 Å². The van der Waals surface area contributed by atoms with Gasteiger partial charge in [0.05, 0.1) is 4.47 Å². The van der Waals surface area contributed by atoms with Gasteiger partial charge >= 0.3 is 0 Å². The minimum atomic E-state index is 0.830. The maximum Gasteiger partial charge on any atom is 0.143 e. The standard InChI is InChI=1S/C10H14BrN3/c11-9-6-12-7-14-10(9)13-5-8-3-1-2-4-8/h6-8H,1-5H2,(H,12,13,14). The zero-order valence-electron chi connectivity index (χ0n) is 8.04. The van der Waals surface area contributed by atoms with Crippen LogP contribution in [0.1, 0.15) is 25.7 Å². The third-order valence-corrected chi connectivity index (χ3v) is 3.28. The van der Waals surface area contributed by atoms with Gasteiger partial charge in [-0.05, 0) is 34.7 Å². The SMILES string of the molecule is Brc1cncnc1NCC1CCCC1. The Bertz CT molecular complexity index is 297. The lowest BCUT2D eigenvalue weighted by Crippen LogP contribution is -2.12. The highest BCUT2D eigenvalue weighted by molar-refractivity contribution is 9.10. The fourth-order valence-corrected chi connectivity index (χ4v) is 2.26. The van der Waals surface area contributed by atoms with Crippen molar-refractivity contribution in [3.63, 3.8) is 0 Å². The van der Waals surface area contributed by atoms with E-state index in [9.17, 15) is 0 Å². The first kappa shape index (κ1) is 9.90. The number of nitrogens with zero attached hydrogens (tertiary/aromatic N) is 2. The number of anilines is 1. The summed E-state index contributed by atoms with van der Waals surface area (Å²) in [5.74, 6) is 1.74. The number of nitrogens with one attached hydrogen (secondary N) is 1. The van der Waals surface area contributed by atoms with E-state index in [1.807, 2.05) is 0 Å². The van der Waals surface area contributed by atoms with Gasteiger partial charge in [-0.1, -0.05) is 12.8 Å². The molecule has 1 aromatic heterocycles. The average Bonchev–Trinajstić information content (AvgIpc) is 2.69. The molecule has 1 saturated carbocycles. The van der Waals surface area contributed by atoms with Gasteiger partial charge in [0.15, 0.2) is 0 Å². The van der Waals surface area contributed by atoms with Crippen LogP contribution in [0.3, 0.4) is 0 Å². The Morgan fingerprint density at radius 3 is 2.93 bits per heavy atom. The Balaban J connectivity index is 1.88. The van der Waals surface area contributed by atoms with E-state index in [0.717, 1.165) is 22.8 Å². The molecular weight excluding hydrogens is 242 g/mol. The summed E-state index contributed by atoms with van der Waals surface area (Å²) in [5.41, 5.74) is 0. The van der Waals surface area contributed by atoms with E-state index < -0.39 is 0 Å². The van der Waals surface area contributed by atoms with Crippen molar-refractivity contribution >= 4 is 21.7 Å². The van der Waals surface area contributed by atoms with Gasteiger partial charge in [-0.3, -0.25) is 0 Å². The highest BCUT2D eigenvalue weighted by Gasteiger charge is 2.14. The van der Waals surface area contributed by atoms with Gasteiger partial charge in [0.25, 0.3) is 0 Å². The number of rotatable bonds is 3. The topological polar surface area (TPSA) is 37.8 Å². The third-order valence-electron chi connectivity index (χ3n) is 2.70. The molecule has 4 heteroatoms. The van der Waals surface area contributed by atoms with Crippen LogP contribution in [0.25, 0.3) is 0 Å². The molecule has 1 heterocycles. The van der Waals surface area contributed by atoms with Crippen molar-refractivity contribution in [2.75, 3.05) is 11.9 Å². The molecular formula is C10H14BrN3.